The standard InChI is InChI=1S/C13H15NOS/c15-8-3-9-16-10-12-7-6-11-4-1-2-5-13(11)14-12/h1-2,4-7,15H,3,8-10H2. The Morgan fingerprint density at radius 3 is 2.88 bits per heavy atom. The molecule has 2 aromatic rings. The molecule has 0 amide bonds. The molecule has 0 radical (unpaired) electrons. The molecular weight excluding hydrogens is 218 g/mol. The van der Waals surface area contributed by atoms with Crippen LogP contribution in [-0.4, -0.2) is 22.5 Å². The average molecular weight is 233 g/mol. The average Bonchev–Trinajstić information content (AvgIpc) is 2.34. The molecule has 0 unspecified atom stereocenters. The lowest BCUT2D eigenvalue weighted by molar-refractivity contribution is 0.296. The van der Waals surface area contributed by atoms with Crippen molar-refractivity contribution in [2.75, 3.05) is 12.4 Å². The summed E-state index contributed by atoms with van der Waals surface area (Å²) in [4.78, 5) is 4.59. The first-order chi connectivity index (χ1) is 7.90. The highest BCUT2D eigenvalue weighted by molar-refractivity contribution is 7.98. The highest BCUT2D eigenvalue weighted by Crippen LogP contribution is 2.16. The minimum atomic E-state index is 0.276. The SMILES string of the molecule is OCCCSCc1ccc2ccccc2n1. The molecule has 1 heterocycles. The molecule has 1 N–H and O–H groups in total. The predicted molar refractivity (Wildman–Crippen MR) is 69.6 cm³/mol. The van der Waals surface area contributed by atoms with Crippen molar-refractivity contribution in [3.8, 4) is 0 Å². The zero-order valence-corrected chi connectivity index (χ0v) is 9.91. The second-order valence-electron chi connectivity index (χ2n) is 3.63. The fourth-order valence-corrected chi connectivity index (χ4v) is 2.38. The van der Waals surface area contributed by atoms with Gasteiger partial charge in [0.05, 0.1) is 11.2 Å². The van der Waals surface area contributed by atoms with E-state index >= 15 is 0 Å². The zero-order chi connectivity index (χ0) is 11.2. The number of benzene rings is 1. The van der Waals surface area contributed by atoms with E-state index in [1.807, 2.05) is 30.0 Å². The fourth-order valence-electron chi connectivity index (χ4n) is 1.53. The van der Waals surface area contributed by atoms with Crippen LogP contribution in [0.1, 0.15) is 12.1 Å². The van der Waals surface area contributed by atoms with E-state index in [-0.39, 0.29) is 6.61 Å². The molecule has 0 fully saturated rings. The molecule has 0 aliphatic heterocycles. The first-order valence-electron chi connectivity index (χ1n) is 5.43. The number of thioether (sulfide) groups is 1. The summed E-state index contributed by atoms with van der Waals surface area (Å²) < 4.78 is 0. The van der Waals surface area contributed by atoms with Gasteiger partial charge in [0.1, 0.15) is 0 Å². The first-order valence-corrected chi connectivity index (χ1v) is 6.59. The zero-order valence-electron chi connectivity index (χ0n) is 9.10. The van der Waals surface area contributed by atoms with E-state index in [1.54, 1.807) is 0 Å². The molecule has 2 rings (SSSR count). The van der Waals surface area contributed by atoms with Gasteiger partial charge >= 0.3 is 0 Å². The van der Waals surface area contributed by atoms with Crippen LogP contribution in [0, 0.1) is 0 Å². The van der Waals surface area contributed by atoms with Crippen molar-refractivity contribution in [1.29, 1.82) is 0 Å². The predicted octanol–water partition coefficient (Wildman–Crippen LogP) is 2.85. The van der Waals surface area contributed by atoms with E-state index in [0.717, 1.165) is 29.1 Å². The van der Waals surface area contributed by atoms with E-state index < -0.39 is 0 Å². The highest BCUT2D eigenvalue weighted by atomic mass is 32.2. The molecule has 84 valence electrons. The molecule has 0 aliphatic rings. The Kier molecular flexibility index (Phi) is 4.19. The molecule has 0 aliphatic carbocycles. The monoisotopic (exact) mass is 233 g/mol. The fraction of sp³-hybridized carbons (Fsp3) is 0.308. The summed E-state index contributed by atoms with van der Waals surface area (Å²) in [7, 11) is 0. The van der Waals surface area contributed by atoms with Crippen molar-refractivity contribution < 1.29 is 5.11 Å². The Morgan fingerprint density at radius 1 is 1.12 bits per heavy atom. The molecule has 0 atom stereocenters. The van der Waals surface area contributed by atoms with Crippen molar-refractivity contribution in [3.63, 3.8) is 0 Å². The Bertz CT molecular complexity index is 458. The van der Waals surface area contributed by atoms with Crippen LogP contribution >= 0.6 is 11.8 Å². The van der Waals surface area contributed by atoms with Crippen molar-refractivity contribution in [3.05, 3.63) is 42.1 Å². The van der Waals surface area contributed by atoms with Crippen LogP contribution in [0.3, 0.4) is 0 Å². The first kappa shape index (κ1) is 11.4. The van der Waals surface area contributed by atoms with E-state index in [9.17, 15) is 0 Å². The number of fused-ring (bicyclic) bond motifs is 1. The number of aliphatic hydroxyl groups excluding tert-OH is 1. The molecule has 16 heavy (non-hydrogen) atoms. The molecular formula is C13H15NOS. The third-order valence-corrected chi connectivity index (χ3v) is 3.43. The molecule has 0 saturated carbocycles. The number of aliphatic hydroxyl groups is 1. The molecule has 2 nitrogen and oxygen atoms in total. The van der Waals surface area contributed by atoms with Gasteiger partial charge in [-0.2, -0.15) is 11.8 Å². The summed E-state index contributed by atoms with van der Waals surface area (Å²) >= 11 is 1.82. The quantitative estimate of drug-likeness (QED) is 0.806. The van der Waals surface area contributed by atoms with Gasteiger partial charge in [-0.05, 0) is 24.3 Å². The Morgan fingerprint density at radius 2 is 2.00 bits per heavy atom. The smallest absolute Gasteiger partial charge is 0.0705 e. The summed E-state index contributed by atoms with van der Waals surface area (Å²) in [6.07, 6.45) is 0.859. The molecule has 1 aromatic heterocycles. The summed E-state index contributed by atoms with van der Waals surface area (Å²) in [6.45, 7) is 0.276. The maximum absolute atomic E-state index is 8.68. The van der Waals surface area contributed by atoms with Crippen LogP contribution in [-0.2, 0) is 5.75 Å². The van der Waals surface area contributed by atoms with Crippen molar-refractivity contribution in [2.45, 2.75) is 12.2 Å². The number of hydrogen-bond donors (Lipinski definition) is 1. The van der Waals surface area contributed by atoms with Crippen molar-refractivity contribution in [1.82, 2.24) is 4.98 Å². The third kappa shape index (κ3) is 2.97. The number of pyridine rings is 1. The van der Waals surface area contributed by atoms with E-state index in [0.29, 0.717) is 0 Å². The van der Waals surface area contributed by atoms with Gasteiger partial charge in [0.25, 0.3) is 0 Å². The molecule has 0 saturated heterocycles. The summed E-state index contributed by atoms with van der Waals surface area (Å²) in [5.41, 5.74) is 2.17. The Balaban J connectivity index is 2.02. The van der Waals surface area contributed by atoms with Crippen LogP contribution in [0.25, 0.3) is 10.9 Å². The number of para-hydroxylation sites is 1. The number of aromatic nitrogens is 1. The molecule has 3 heteroatoms. The van der Waals surface area contributed by atoms with Gasteiger partial charge in [-0.3, -0.25) is 4.98 Å². The van der Waals surface area contributed by atoms with Crippen LogP contribution < -0.4 is 0 Å². The summed E-state index contributed by atoms with van der Waals surface area (Å²) in [6, 6.07) is 12.3. The second-order valence-corrected chi connectivity index (χ2v) is 4.73. The maximum atomic E-state index is 8.68. The number of hydrogen-bond acceptors (Lipinski definition) is 3. The van der Waals surface area contributed by atoms with Gasteiger partial charge in [-0.25, -0.2) is 0 Å². The molecule has 1 aromatic carbocycles. The second kappa shape index (κ2) is 5.87. The van der Waals surface area contributed by atoms with Crippen LogP contribution in [0.15, 0.2) is 36.4 Å². The third-order valence-electron chi connectivity index (χ3n) is 2.35. The van der Waals surface area contributed by atoms with Gasteiger partial charge in [-0.1, -0.05) is 24.3 Å². The van der Waals surface area contributed by atoms with Gasteiger partial charge in [0.2, 0.25) is 0 Å². The van der Waals surface area contributed by atoms with Gasteiger partial charge < -0.3 is 5.11 Å². The Labute approximate surface area is 99.7 Å². The minimum absolute atomic E-state index is 0.276. The summed E-state index contributed by atoms with van der Waals surface area (Å²) in [5.74, 6) is 1.91. The Hall–Kier alpha value is -1.06. The van der Waals surface area contributed by atoms with Crippen LogP contribution in [0.5, 0.6) is 0 Å². The lowest BCUT2D eigenvalue weighted by Crippen LogP contribution is -1.90. The van der Waals surface area contributed by atoms with E-state index in [4.69, 9.17) is 5.11 Å². The minimum Gasteiger partial charge on any atom is -0.396 e. The van der Waals surface area contributed by atoms with Gasteiger partial charge in [0, 0.05) is 17.7 Å². The van der Waals surface area contributed by atoms with Crippen molar-refractivity contribution >= 4 is 22.7 Å². The molecule has 0 bridgehead atoms. The highest BCUT2D eigenvalue weighted by Gasteiger charge is 1.98. The number of rotatable bonds is 5. The van der Waals surface area contributed by atoms with Crippen LogP contribution in [0.2, 0.25) is 0 Å². The number of nitrogens with zero attached hydrogens (tertiary/aromatic N) is 1. The normalized spacial score (nSPS) is 10.8. The largest absolute Gasteiger partial charge is 0.396 e. The van der Waals surface area contributed by atoms with Crippen molar-refractivity contribution in [2.24, 2.45) is 0 Å². The lowest BCUT2D eigenvalue weighted by atomic mass is 10.2. The summed E-state index contributed by atoms with van der Waals surface area (Å²) in [5, 5.41) is 9.86. The lowest BCUT2D eigenvalue weighted by Gasteiger charge is -2.02. The van der Waals surface area contributed by atoms with E-state index in [1.165, 1.54) is 5.39 Å². The topological polar surface area (TPSA) is 33.1 Å². The van der Waals surface area contributed by atoms with Crippen LogP contribution in [0.4, 0.5) is 0 Å². The maximum Gasteiger partial charge on any atom is 0.0705 e. The van der Waals surface area contributed by atoms with Gasteiger partial charge in [0.15, 0.2) is 0 Å². The molecule has 0 spiro atoms. The van der Waals surface area contributed by atoms with Gasteiger partial charge in [-0.15, -0.1) is 0 Å². The van der Waals surface area contributed by atoms with E-state index in [2.05, 4.69) is 23.2 Å².